The predicted molar refractivity (Wildman–Crippen MR) is 124 cm³/mol. The van der Waals surface area contributed by atoms with E-state index in [1.807, 2.05) is 44.2 Å². The summed E-state index contributed by atoms with van der Waals surface area (Å²) in [6, 6.07) is 7.89. The first-order valence-corrected chi connectivity index (χ1v) is 11.9. The number of carbonyl (C=O) groups excluding carboxylic acids is 3. The Hall–Kier alpha value is -2.78. The number of carbonyl (C=O) groups is 3. The van der Waals surface area contributed by atoms with Crippen LogP contribution in [-0.2, 0) is 16.0 Å². The zero-order valence-corrected chi connectivity index (χ0v) is 19.3. The molecule has 0 saturated carbocycles. The van der Waals surface area contributed by atoms with Gasteiger partial charge in [0.05, 0.1) is 12.1 Å². The van der Waals surface area contributed by atoms with Crippen molar-refractivity contribution in [1.82, 2.24) is 20.9 Å². The van der Waals surface area contributed by atoms with Crippen molar-refractivity contribution >= 4 is 29.1 Å². The summed E-state index contributed by atoms with van der Waals surface area (Å²) in [7, 11) is 0. The molecule has 2 heterocycles. The molecule has 0 radical (unpaired) electrons. The number of thiazole rings is 1. The molecule has 1 aromatic heterocycles. The van der Waals surface area contributed by atoms with Crippen LogP contribution in [-0.4, -0.2) is 41.3 Å². The third-order valence-corrected chi connectivity index (χ3v) is 6.40. The van der Waals surface area contributed by atoms with Gasteiger partial charge in [-0.15, -0.1) is 11.3 Å². The number of amides is 3. The smallest absolute Gasteiger partial charge is 0.271 e. The molecule has 5 N–H and O–H groups in total. The van der Waals surface area contributed by atoms with Crippen molar-refractivity contribution in [1.29, 1.82) is 0 Å². The molecule has 3 amide bonds. The third-order valence-electron chi connectivity index (χ3n) is 5.47. The maximum atomic E-state index is 12.9. The van der Waals surface area contributed by atoms with Crippen molar-refractivity contribution in [3.05, 3.63) is 52.0 Å². The maximum absolute atomic E-state index is 12.9. The number of aromatic nitrogens is 1. The Labute approximate surface area is 192 Å². The lowest BCUT2D eigenvalue weighted by atomic mass is 10.0. The molecule has 0 fully saturated rings. The number of nitrogens with zero attached hydrogens (tertiary/aromatic N) is 1. The molecule has 8 nitrogen and oxygen atoms in total. The highest BCUT2D eigenvalue weighted by Gasteiger charge is 2.27. The van der Waals surface area contributed by atoms with Gasteiger partial charge in [-0.2, -0.15) is 0 Å². The van der Waals surface area contributed by atoms with E-state index in [1.165, 1.54) is 11.3 Å². The van der Waals surface area contributed by atoms with Crippen molar-refractivity contribution in [3.8, 4) is 0 Å². The van der Waals surface area contributed by atoms with Crippen molar-refractivity contribution < 1.29 is 14.4 Å². The highest BCUT2D eigenvalue weighted by atomic mass is 32.1. The number of rotatable bonds is 3. The standard InChI is InChI=1S/C23H31N5O3S/c1-14(2)19-23-27-18(13-32-23)22(31)26-17(12-15-8-4-3-5-9-15)21(30)25-11-7-6-10-16(24)20(29)28-19/h3-5,8-9,13-14,16-17,19H,6-7,10-12,24H2,1-2H3,(H,25,30)(H,26,31)(H,28,29)/t16-,17+,19+/m0/s1. The van der Waals surface area contributed by atoms with E-state index < -0.39 is 18.0 Å². The van der Waals surface area contributed by atoms with Gasteiger partial charge in [0.2, 0.25) is 11.8 Å². The minimum absolute atomic E-state index is 0.0729. The highest BCUT2D eigenvalue weighted by Crippen LogP contribution is 2.25. The summed E-state index contributed by atoms with van der Waals surface area (Å²) in [6.07, 6.45) is 2.31. The minimum atomic E-state index is -0.717. The van der Waals surface area contributed by atoms with Crippen LogP contribution in [0, 0.1) is 5.92 Å². The van der Waals surface area contributed by atoms with Crippen molar-refractivity contribution in [2.45, 2.75) is 57.7 Å². The van der Waals surface area contributed by atoms with E-state index in [9.17, 15) is 14.4 Å². The number of fused-ring (bicyclic) bond motifs is 2. The fraction of sp³-hybridized carbons (Fsp3) is 0.478. The quantitative estimate of drug-likeness (QED) is 0.560. The molecular formula is C23H31N5O3S. The molecule has 2 bridgehead atoms. The Bertz CT molecular complexity index is 931. The van der Waals surface area contributed by atoms with Crippen LogP contribution in [0.2, 0.25) is 0 Å². The van der Waals surface area contributed by atoms with Gasteiger partial charge in [-0.3, -0.25) is 14.4 Å². The Morgan fingerprint density at radius 1 is 1.09 bits per heavy atom. The highest BCUT2D eigenvalue weighted by molar-refractivity contribution is 7.09. The molecule has 172 valence electrons. The van der Waals surface area contributed by atoms with Crippen molar-refractivity contribution in [2.24, 2.45) is 11.7 Å². The van der Waals surface area contributed by atoms with Crippen LogP contribution in [0.1, 0.15) is 60.2 Å². The molecule has 0 saturated heterocycles. The zero-order valence-electron chi connectivity index (χ0n) is 18.5. The van der Waals surface area contributed by atoms with E-state index in [1.54, 1.807) is 5.38 Å². The van der Waals surface area contributed by atoms with Crippen LogP contribution in [0.25, 0.3) is 0 Å². The van der Waals surface area contributed by atoms with Gasteiger partial charge in [0.15, 0.2) is 0 Å². The van der Waals surface area contributed by atoms with E-state index in [4.69, 9.17) is 5.73 Å². The van der Waals surface area contributed by atoms with E-state index >= 15 is 0 Å². The second-order valence-electron chi connectivity index (χ2n) is 8.41. The van der Waals surface area contributed by atoms with Gasteiger partial charge in [-0.05, 0) is 30.7 Å². The number of benzene rings is 1. The zero-order chi connectivity index (χ0) is 23.1. The first kappa shape index (κ1) is 23.9. The second-order valence-corrected chi connectivity index (χ2v) is 9.30. The summed E-state index contributed by atoms with van der Waals surface area (Å²) in [5.74, 6) is -0.819. The summed E-state index contributed by atoms with van der Waals surface area (Å²) >= 11 is 1.31. The van der Waals surface area contributed by atoms with Gasteiger partial charge in [0.1, 0.15) is 16.7 Å². The monoisotopic (exact) mass is 457 g/mol. The molecule has 1 aliphatic heterocycles. The third kappa shape index (κ3) is 6.37. The number of hydrogen-bond acceptors (Lipinski definition) is 6. The molecule has 2 aromatic rings. The summed E-state index contributed by atoms with van der Waals surface area (Å²) in [6.45, 7) is 4.41. The van der Waals surface area contributed by atoms with Crippen molar-refractivity contribution in [2.75, 3.05) is 6.54 Å². The van der Waals surface area contributed by atoms with E-state index in [0.717, 1.165) is 5.56 Å². The molecule has 3 rings (SSSR count). The van der Waals surface area contributed by atoms with E-state index in [-0.39, 0.29) is 29.5 Å². The fourth-order valence-electron chi connectivity index (χ4n) is 3.55. The number of nitrogens with two attached hydrogens (primary N) is 1. The Balaban J connectivity index is 1.85. The summed E-state index contributed by atoms with van der Waals surface area (Å²) in [5, 5.41) is 11.0. The average Bonchev–Trinajstić information content (AvgIpc) is 3.26. The Kier molecular flexibility index (Phi) is 8.35. The van der Waals surface area contributed by atoms with E-state index in [2.05, 4.69) is 20.9 Å². The second kappa shape index (κ2) is 11.2. The average molecular weight is 458 g/mol. The normalized spacial score (nSPS) is 23.4. The topological polar surface area (TPSA) is 126 Å². The van der Waals surface area contributed by atoms with E-state index in [0.29, 0.717) is 37.2 Å². The fourth-order valence-corrected chi connectivity index (χ4v) is 4.58. The molecule has 0 aliphatic carbocycles. The van der Waals surface area contributed by atoms with Crippen molar-refractivity contribution in [3.63, 3.8) is 0 Å². The van der Waals surface area contributed by atoms with Crippen LogP contribution < -0.4 is 21.7 Å². The lowest BCUT2D eigenvalue weighted by Gasteiger charge is -2.23. The lowest BCUT2D eigenvalue weighted by molar-refractivity contribution is -0.124. The molecular weight excluding hydrogens is 426 g/mol. The predicted octanol–water partition coefficient (Wildman–Crippen LogP) is 1.92. The molecule has 3 atom stereocenters. The molecule has 1 aliphatic rings. The Morgan fingerprint density at radius 2 is 1.84 bits per heavy atom. The molecule has 9 heteroatoms. The molecule has 0 unspecified atom stereocenters. The largest absolute Gasteiger partial charge is 0.354 e. The van der Waals surface area contributed by atoms with Crippen LogP contribution in [0.5, 0.6) is 0 Å². The summed E-state index contributed by atoms with van der Waals surface area (Å²) in [5.41, 5.74) is 7.26. The van der Waals surface area contributed by atoms with Crippen LogP contribution in [0.15, 0.2) is 35.7 Å². The SMILES string of the molecule is CC(C)[C@H]1NC(=O)[C@@H](N)CCCCNC(=O)[C@@H](Cc2ccccc2)NC(=O)c2csc1n2. The van der Waals surface area contributed by atoms with Gasteiger partial charge in [-0.25, -0.2) is 4.98 Å². The minimum Gasteiger partial charge on any atom is -0.354 e. The first-order valence-electron chi connectivity index (χ1n) is 11.0. The molecule has 0 spiro atoms. The van der Waals surface area contributed by atoms with Crippen LogP contribution in [0.4, 0.5) is 0 Å². The van der Waals surface area contributed by atoms with Gasteiger partial charge in [-0.1, -0.05) is 44.2 Å². The maximum Gasteiger partial charge on any atom is 0.271 e. The van der Waals surface area contributed by atoms with Gasteiger partial charge in [0.25, 0.3) is 5.91 Å². The first-order chi connectivity index (χ1) is 15.3. The van der Waals surface area contributed by atoms with Gasteiger partial charge < -0.3 is 21.7 Å². The summed E-state index contributed by atoms with van der Waals surface area (Å²) in [4.78, 5) is 42.8. The summed E-state index contributed by atoms with van der Waals surface area (Å²) < 4.78 is 0. The van der Waals surface area contributed by atoms with Crippen LogP contribution >= 0.6 is 11.3 Å². The van der Waals surface area contributed by atoms with Gasteiger partial charge >= 0.3 is 0 Å². The Morgan fingerprint density at radius 3 is 2.56 bits per heavy atom. The lowest BCUT2D eigenvalue weighted by Crippen LogP contribution is -2.48. The van der Waals surface area contributed by atoms with Crippen LogP contribution in [0.3, 0.4) is 0 Å². The van der Waals surface area contributed by atoms with Gasteiger partial charge in [0, 0.05) is 18.3 Å². The molecule has 1 aromatic carbocycles. The number of hydrogen-bond donors (Lipinski definition) is 4. The molecule has 32 heavy (non-hydrogen) atoms. The number of nitrogens with one attached hydrogen (secondary N) is 3.